The van der Waals surface area contributed by atoms with Gasteiger partial charge in [-0.3, -0.25) is 0 Å². The van der Waals surface area contributed by atoms with Gasteiger partial charge in [0.2, 0.25) is 0 Å². The molecule has 0 fully saturated rings. The van der Waals surface area contributed by atoms with Crippen molar-refractivity contribution in [3.63, 3.8) is 0 Å². The maximum absolute atomic E-state index is 13.7. The van der Waals surface area contributed by atoms with E-state index in [9.17, 15) is 18.4 Å². The average molecular weight is 310 g/mol. The van der Waals surface area contributed by atoms with Gasteiger partial charge in [0.25, 0.3) is 0 Å². The van der Waals surface area contributed by atoms with Crippen LogP contribution in [0.1, 0.15) is 28.9 Å². The highest BCUT2D eigenvalue weighted by molar-refractivity contribution is 5.90. The van der Waals surface area contributed by atoms with E-state index < -0.39 is 23.9 Å². The van der Waals surface area contributed by atoms with Crippen molar-refractivity contribution in [3.05, 3.63) is 35.4 Å². The minimum absolute atomic E-state index is 0. The predicted octanol–water partition coefficient (Wildman–Crippen LogP) is 2.00. The number of benzene rings is 1. The number of carboxylic acid groups (broad SMARTS) is 1. The number of aromatic carboxylic acids is 1. The zero-order chi connectivity index (χ0) is 14.6. The van der Waals surface area contributed by atoms with E-state index in [-0.39, 0.29) is 30.1 Å². The summed E-state index contributed by atoms with van der Waals surface area (Å²) in [5, 5.41) is 8.91. The zero-order valence-corrected chi connectivity index (χ0v) is 11.3. The van der Waals surface area contributed by atoms with Gasteiger partial charge in [0.15, 0.2) is 0 Å². The van der Waals surface area contributed by atoms with E-state index in [1.807, 2.05) is 0 Å². The fourth-order valence-corrected chi connectivity index (χ4v) is 1.51. The number of hydrogen-bond donors (Lipinski definition) is 2. The van der Waals surface area contributed by atoms with Crippen molar-refractivity contribution in [2.45, 2.75) is 18.9 Å². The second-order valence-corrected chi connectivity index (χ2v) is 3.71. The molecule has 1 aromatic rings. The fraction of sp³-hybridized carbons (Fsp3) is 0.333. The topological polar surface area (TPSA) is 89.6 Å². The van der Waals surface area contributed by atoms with Crippen LogP contribution in [0.15, 0.2) is 24.3 Å². The second kappa shape index (κ2) is 7.16. The van der Waals surface area contributed by atoms with E-state index in [2.05, 4.69) is 4.74 Å². The van der Waals surface area contributed by atoms with Crippen molar-refractivity contribution in [2.75, 3.05) is 6.61 Å². The molecule has 0 saturated heterocycles. The summed E-state index contributed by atoms with van der Waals surface area (Å²) in [5.41, 5.74) is 4.63. The van der Waals surface area contributed by atoms with Gasteiger partial charge in [-0.1, -0.05) is 18.2 Å². The Balaban J connectivity index is 0.00000361. The molecule has 8 heteroatoms. The Morgan fingerprint density at radius 2 is 1.95 bits per heavy atom. The van der Waals surface area contributed by atoms with Gasteiger partial charge in [0.1, 0.15) is 6.04 Å². The molecule has 0 unspecified atom stereocenters. The first kappa shape index (κ1) is 18.3. The molecule has 0 aliphatic rings. The standard InChI is InChI=1S/C12H13F2NO4.ClH/c1-2-19-11(18)12(13,14)9(15)7-5-3-4-6-8(7)10(16)17;/h3-6,9H,2,15H2,1H3,(H,16,17);1H/t9-;/m1./s1. The molecule has 5 nitrogen and oxygen atoms in total. The van der Waals surface area contributed by atoms with Crippen LogP contribution in [0.5, 0.6) is 0 Å². The lowest BCUT2D eigenvalue weighted by Gasteiger charge is -2.22. The van der Waals surface area contributed by atoms with Crippen molar-refractivity contribution >= 4 is 24.3 Å². The predicted molar refractivity (Wildman–Crippen MR) is 69.2 cm³/mol. The number of rotatable bonds is 5. The molecule has 20 heavy (non-hydrogen) atoms. The lowest BCUT2D eigenvalue weighted by Crippen LogP contribution is -2.42. The van der Waals surface area contributed by atoms with Gasteiger partial charge in [-0.2, -0.15) is 8.78 Å². The monoisotopic (exact) mass is 309 g/mol. The maximum Gasteiger partial charge on any atom is 0.379 e. The lowest BCUT2D eigenvalue weighted by atomic mass is 9.96. The van der Waals surface area contributed by atoms with E-state index in [1.165, 1.54) is 19.1 Å². The van der Waals surface area contributed by atoms with E-state index >= 15 is 0 Å². The number of carboxylic acids is 1. The van der Waals surface area contributed by atoms with Crippen LogP contribution < -0.4 is 5.73 Å². The SMILES string of the molecule is CCOC(=O)C(F)(F)[C@H](N)c1ccccc1C(=O)O.Cl. The molecule has 1 aromatic carbocycles. The van der Waals surface area contributed by atoms with Gasteiger partial charge in [0, 0.05) is 0 Å². The number of carbonyl (C=O) groups is 2. The summed E-state index contributed by atoms with van der Waals surface area (Å²) in [5.74, 6) is -7.17. The van der Waals surface area contributed by atoms with Crippen molar-refractivity contribution in [3.8, 4) is 0 Å². The molecular formula is C12H14ClF2NO4. The van der Waals surface area contributed by atoms with Crippen molar-refractivity contribution in [1.82, 2.24) is 0 Å². The molecule has 0 aliphatic carbocycles. The lowest BCUT2D eigenvalue weighted by molar-refractivity contribution is -0.174. The molecule has 0 heterocycles. The largest absolute Gasteiger partial charge is 0.478 e. The molecule has 112 valence electrons. The van der Waals surface area contributed by atoms with Crippen LogP contribution in [-0.2, 0) is 9.53 Å². The quantitative estimate of drug-likeness (QED) is 0.812. The molecule has 0 amide bonds. The van der Waals surface area contributed by atoms with E-state index in [4.69, 9.17) is 10.8 Å². The summed E-state index contributed by atoms with van der Waals surface area (Å²) >= 11 is 0. The van der Waals surface area contributed by atoms with Crippen LogP contribution in [0.3, 0.4) is 0 Å². The van der Waals surface area contributed by atoms with E-state index in [0.29, 0.717) is 0 Å². The number of halogens is 3. The fourth-order valence-electron chi connectivity index (χ4n) is 1.51. The molecule has 3 N–H and O–H groups in total. The molecule has 1 atom stereocenters. The van der Waals surface area contributed by atoms with Crippen LogP contribution in [0.25, 0.3) is 0 Å². The third-order valence-corrected chi connectivity index (χ3v) is 2.46. The Kier molecular flexibility index (Phi) is 6.54. The van der Waals surface area contributed by atoms with E-state index in [0.717, 1.165) is 12.1 Å². The van der Waals surface area contributed by atoms with Gasteiger partial charge in [-0.25, -0.2) is 9.59 Å². The number of ether oxygens (including phenoxy) is 1. The van der Waals surface area contributed by atoms with Crippen LogP contribution in [-0.4, -0.2) is 29.6 Å². The van der Waals surface area contributed by atoms with Crippen molar-refractivity contribution in [2.24, 2.45) is 5.73 Å². The second-order valence-electron chi connectivity index (χ2n) is 3.71. The first-order valence-corrected chi connectivity index (χ1v) is 5.45. The molecule has 1 rings (SSSR count). The summed E-state index contributed by atoms with van der Waals surface area (Å²) in [7, 11) is 0. The zero-order valence-electron chi connectivity index (χ0n) is 10.5. The van der Waals surface area contributed by atoms with Crippen molar-refractivity contribution < 1.29 is 28.2 Å². The molecule has 0 spiro atoms. The highest BCUT2D eigenvalue weighted by atomic mass is 35.5. The van der Waals surface area contributed by atoms with E-state index in [1.54, 1.807) is 0 Å². The summed E-state index contributed by atoms with van der Waals surface area (Å²) in [4.78, 5) is 22.1. The summed E-state index contributed by atoms with van der Waals surface area (Å²) < 4.78 is 31.7. The number of alkyl halides is 2. The summed E-state index contributed by atoms with van der Waals surface area (Å²) in [6, 6.07) is 2.93. The Morgan fingerprint density at radius 3 is 2.45 bits per heavy atom. The normalized spacial score (nSPS) is 12.2. The highest BCUT2D eigenvalue weighted by Gasteiger charge is 2.48. The van der Waals surface area contributed by atoms with Crippen LogP contribution >= 0.6 is 12.4 Å². The molecule has 0 aromatic heterocycles. The molecule has 0 saturated carbocycles. The van der Waals surface area contributed by atoms with Gasteiger partial charge < -0.3 is 15.6 Å². The Bertz CT molecular complexity index is 496. The Hall–Kier alpha value is -1.73. The summed E-state index contributed by atoms with van der Waals surface area (Å²) in [6.07, 6.45) is 0. The first-order chi connectivity index (χ1) is 8.82. The first-order valence-electron chi connectivity index (χ1n) is 5.45. The number of esters is 1. The van der Waals surface area contributed by atoms with Gasteiger partial charge in [0.05, 0.1) is 12.2 Å². The Labute approximate surface area is 120 Å². The molecular weight excluding hydrogens is 296 g/mol. The third-order valence-electron chi connectivity index (χ3n) is 2.46. The maximum atomic E-state index is 13.7. The van der Waals surface area contributed by atoms with Crippen LogP contribution in [0.4, 0.5) is 8.78 Å². The van der Waals surface area contributed by atoms with Crippen LogP contribution in [0.2, 0.25) is 0 Å². The number of nitrogens with two attached hydrogens (primary N) is 1. The van der Waals surface area contributed by atoms with Crippen molar-refractivity contribution in [1.29, 1.82) is 0 Å². The minimum Gasteiger partial charge on any atom is -0.478 e. The molecule has 0 aliphatic heterocycles. The number of hydrogen-bond acceptors (Lipinski definition) is 4. The average Bonchev–Trinajstić information content (AvgIpc) is 2.38. The third kappa shape index (κ3) is 3.64. The Morgan fingerprint density at radius 1 is 1.40 bits per heavy atom. The van der Waals surface area contributed by atoms with Gasteiger partial charge >= 0.3 is 17.9 Å². The minimum atomic E-state index is -4.00. The molecule has 0 radical (unpaired) electrons. The van der Waals surface area contributed by atoms with Crippen LogP contribution in [0, 0.1) is 0 Å². The smallest absolute Gasteiger partial charge is 0.379 e. The molecule has 0 bridgehead atoms. The summed E-state index contributed by atoms with van der Waals surface area (Å²) in [6.45, 7) is 1.16. The number of carbonyl (C=O) groups excluding carboxylic acids is 1. The highest BCUT2D eigenvalue weighted by Crippen LogP contribution is 2.32. The van der Waals surface area contributed by atoms with Gasteiger partial charge in [-0.15, -0.1) is 12.4 Å². The van der Waals surface area contributed by atoms with Gasteiger partial charge in [-0.05, 0) is 18.6 Å².